The van der Waals surface area contributed by atoms with E-state index in [1.807, 2.05) is 12.1 Å². The first-order chi connectivity index (χ1) is 7.59. The molecule has 0 bridgehead atoms. The van der Waals surface area contributed by atoms with Crippen LogP contribution in [0, 0.1) is 0 Å². The number of pyridine rings is 1. The molecule has 1 heterocycles. The summed E-state index contributed by atoms with van der Waals surface area (Å²) in [4.78, 5) is 4.16. The molecule has 0 fully saturated rings. The van der Waals surface area contributed by atoms with E-state index in [2.05, 4.69) is 24.1 Å². The van der Waals surface area contributed by atoms with Crippen LogP contribution in [-0.2, 0) is 6.54 Å². The lowest BCUT2D eigenvalue weighted by atomic mass is 10.0. The highest BCUT2D eigenvalue weighted by atomic mass is 35.5. The number of nitrogens with zero attached hydrogens (tertiary/aromatic N) is 1. The van der Waals surface area contributed by atoms with E-state index in [1.165, 1.54) is 0 Å². The van der Waals surface area contributed by atoms with Gasteiger partial charge in [0.15, 0.2) is 0 Å². The number of alkyl halides is 1. The summed E-state index contributed by atoms with van der Waals surface area (Å²) in [5.74, 6) is 1.33. The minimum atomic E-state index is 0.0304. The summed E-state index contributed by atoms with van der Waals surface area (Å²) in [6.07, 6.45) is 2.66. The second-order valence-electron chi connectivity index (χ2n) is 4.35. The van der Waals surface area contributed by atoms with Gasteiger partial charge in [0, 0.05) is 29.7 Å². The zero-order valence-electron chi connectivity index (χ0n) is 10.1. The lowest BCUT2D eigenvalue weighted by Crippen LogP contribution is -2.39. The maximum Gasteiger partial charge on any atom is 0.217 e. The van der Waals surface area contributed by atoms with Crippen molar-refractivity contribution < 1.29 is 4.74 Å². The van der Waals surface area contributed by atoms with Crippen LogP contribution >= 0.6 is 11.6 Å². The summed E-state index contributed by atoms with van der Waals surface area (Å²) in [5.41, 5.74) is 1.09. The van der Waals surface area contributed by atoms with Crippen molar-refractivity contribution in [2.45, 2.75) is 32.4 Å². The topological polar surface area (TPSA) is 34.1 Å². The molecule has 0 aliphatic carbocycles. The Morgan fingerprint density at radius 1 is 1.50 bits per heavy atom. The summed E-state index contributed by atoms with van der Waals surface area (Å²) in [6.45, 7) is 5.01. The van der Waals surface area contributed by atoms with E-state index in [4.69, 9.17) is 16.3 Å². The van der Waals surface area contributed by atoms with Gasteiger partial charge >= 0.3 is 0 Å². The van der Waals surface area contributed by atoms with Crippen molar-refractivity contribution in [3.05, 3.63) is 23.9 Å². The molecule has 1 aromatic heterocycles. The van der Waals surface area contributed by atoms with Crippen molar-refractivity contribution in [1.29, 1.82) is 0 Å². The monoisotopic (exact) mass is 242 g/mol. The molecule has 3 nitrogen and oxygen atoms in total. The molecule has 1 N–H and O–H groups in total. The van der Waals surface area contributed by atoms with Crippen LogP contribution in [-0.4, -0.2) is 23.5 Å². The van der Waals surface area contributed by atoms with E-state index < -0.39 is 0 Å². The van der Waals surface area contributed by atoms with Gasteiger partial charge in [-0.3, -0.25) is 0 Å². The standard InChI is InChI=1S/C12H19ClN2O/c1-12(2,6-7-13)15-9-10-5-4-8-14-11(10)16-3/h4-5,8,15H,6-7,9H2,1-3H3. The highest BCUT2D eigenvalue weighted by Gasteiger charge is 2.16. The van der Waals surface area contributed by atoms with Crippen molar-refractivity contribution in [3.63, 3.8) is 0 Å². The van der Waals surface area contributed by atoms with E-state index in [9.17, 15) is 0 Å². The number of ether oxygens (including phenoxy) is 1. The molecule has 0 amide bonds. The minimum Gasteiger partial charge on any atom is -0.481 e. The average molecular weight is 243 g/mol. The molecule has 0 radical (unpaired) electrons. The number of hydrogen-bond donors (Lipinski definition) is 1. The third-order valence-corrected chi connectivity index (χ3v) is 2.71. The Hall–Kier alpha value is -0.800. The quantitative estimate of drug-likeness (QED) is 0.779. The number of methoxy groups -OCH3 is 1. The molecular weight excluding hydrogens is 224 g/mol. The Balaban J connectivity index is 2.60. The molecule has 0 unspecified atom stereocenters. The van der Waals surface area contributed by atoms with Gasteiger partial charge in [0.2, 0.25) is 5.88 Å². The smallest absolute Gasteiger partial charge is 0.217 e. The maximum absolute atomic E-state index is 5.75. The van der Waals surface area contributed by atoms with E-state index in [-0.39, 0.29) is 5.54 Å². The average Bonchev–Trinajstić information content (AvgIpc) is 2.27. The fraction of sp³-hybridized carbons (Fsp3) is 0.583. The van der Waals surface area contributed by atoms with E-state index in [0.29, 0.717) is 11.8 Å². The van der Waals surface area contributed by atoms with Gasteiger partial charge < -0.3 is 10.1 Å². The van der Waals surface area contributed by atoms with Crippen molar-refractivity contribution >= 4 is 11.6 Å². The number of aromatic nitrogens is 1. The molecule has 0 spiro atoms. The van der Waals surface area contributed by atoms with E-state index in [1.54, 1.807) is 13.3 Å². The third-order valence-electron chi connectivity index (χ3n) is 2.52. The molecular formula is C12H19ClN2O. The molecule has 0 aromatic carbocycles. The highest BCUT2D eigenvalue weighted by Crippen LogP contribution is 2.16. The summed E-state index contributed by atoms with van der Waals surface area (Å²) in [5, 5.41) is 3.45. The minimum absolute atomic E-state index is 0.0304. The third kappa shape index (κ3) is 3.99. The molecule has 1 rings (SSSR count). The molecule has 0 aliphatic heterocycles. The molecule has 4 heteroatoms. The second-order valence-corrected chi connectivity index (χ2v) is 4.73. The van der Waals surface area contributed by atoms with Crippen LogP contribution in [0.1, 0.15) is 25.8 Å². The van der Waals surface area contributed by atoms with Gasteiger partial charge in [-0.1, -0.05) is 6.07 Å². The van der Waals surface area contributed by atoms with Crippen LogP contribution in [0.3, 0.4) is 0 Å². The lowest BCUT2D eigenvalue weighted by molar-refractivity contribution is 0.360. The Labute approximate surface area is 102 Å². The van der Waals surface area contributed by atoms with Crippen molar-refractivity contribution in [1.82, 2.24) is 10.3 Å². The van der Waals surface area contributed by atoms with Crippen LogP contribution in [0.2, 0.25) is 0 Å². The predicted octanol–water partition coefficient (Wildman–Crippen LogP) is 2.59. The second kappa shape index (κ2) is 6.06. The highest BCUT2D eigenvalue weighted by molar-refractivity contribution is 6.17. The van der Waals surface area contributed by atoms with Crippen LogP contribution in [0.5, 0.6) is 5.88 Å². The number of hydrogen-bond acceptors (Lipinski definition) is 3. The summed E-state index contributed by atoms with van der Waals surface area (Å²) in [6, 6.07) is 3.92. The van der Waals surface area contributed by atoms with Crippen LogP contribution < -0.4 is 10.1 Å². The normalized spacial score (nSPS) is 11.5. The van der Waals surface area contributed by atoms with Crippen LogP contribution in [0.25, 0.3) is 0 Å². The fourth-order valence-electron chi connectivity index (χ4n) is 1.40. The van der Waals surface area contributed by atoms with Crippen molar-refractivity contribution in [2.24, 2.45) is 0 Å². The Morgan fingerprint density at radius 2 is 2.25 bits per heavy atom. The van der Waals surface area contributed by atoms with Gasteiger partial charge in [-0.05, 0) is 26.3 Å². The molecule has 0 saturated heterocycles. The largest absolute Gasteiger partial charge is 0.481 e. The number of halogens is 1. The predicted molar refractivity (Wildman–Crippen MR) is 67.0 cm³/mol. The van der Waals surface area contributed by atoms with Gasteiger partial charge in [0.1, 0.15) is 0 Å². The summed E-state index contributed by atoms with van der Waals surface area (Å²) < 4.78 is 5.19. The molecule has 16 heavy (non-hydrogen) atoms. The lowest BCUT2D eigenvalue weighted by Gasteiger charge is -2.25. The van der Waals surface area contributed by atoms with Gasteiger partial charge in [0.05, 0.1) is 7.11 Å². The first kappa shape index (κ1) is 13.3. The zero-order chi connectivity index (χ0) is 12.0. The Bertz CT molecular complexity index is 329. The van der Waals surface area contributed by atoms with Crippen molar-refractivity contribution in [3.8, 4) is 5.88 Å². The molecule has 90 valence electrons. The fourth-order valence-corrected chi connectivity index (χ4v) is 1.87. The van der Waals surface area contributed by atoms with E-state index in [0.717, 1.165) is 18.5 Å². The number of nitrogens with one attached hydrogen (secondary N) is 1. The first-order valence-electron chi connectivity index (χ1n) is 5.38. The molecule has 1 aromatic rings. The molecule has 0 atom stereocenters. The maximum atomic E-state index is 5.75. The van der Waals surface area contributed by atoms with Gasteiger partial charge in [-0.15, -0.1) is 11.6 Å². The van der Waals surface area contributed by atoms with Crippen molar-refractivity contribution in [2.75, 3.05) is 13.0 Å². The Morgan fingerprint density at radius 3 is 2.88 bits per heavy atom. The first-order valence-corrected chi connectivity index (χ1v) is 5.91. The zero-order valence-corrected chi connectivity index (χ0v) is 10.8. The van der Waals surface area contributed by atoms with Gasteiger partial charge in [-0.25, -0.2) is 4.98 Å². The molecule has 0 saturated carbocycles. The summed E-state index contributed by atoms with van der Waals surface area (Å²) >= 11 is 5.75. The van der Waals surface area contributed by atoms with Crippen LogP contribution in [0.4, 0.5) is 0 Å². The number of rotatable bonds is 6. The van der Waals surface area contributed by atoms with Gasteiger partial charge in [0.25, 0.3) is 0 Å². The van der Waals surface area contributed by atoms with Gasteiger partial charge in [-0.2, -0.15) is 0 Å². The molecule has 0 aliphatic rings. The van der Waals surface area contributed by atoms with E-state index >= 15 is 0 Å². The SMILES string of the molecule is COc1ncccc1CNC(C)(C)CCCl. The van der Waals surface area contributed by atoms with Crippen LogP contribution in [0.15, 0.2) is 18.3 Å². The summed E-state index contributed by atoms with van der Waals surface area (Å²) in [7, 11) is 1.63. The Kier molecular flexibility index (Phi) is 5.03.